The molecule has 0 atom stereocenters. The molecular formula is C16H12FN5O2S. The number of aryl methyl sites for hydroxylation is 1. The summed E-state index contributed by atoms with van der Waals surface area (Å²) in [7, 11) is -2.40. The fourth-order valence-corrected chi connectivity index (χ4v) is 3.88. The van der Waals surface area contributed by atoms with Gasteiger partial charge in [-0.1, -0.05) is 12.1 Å². The van der Waals surface area contributed by atoms with Crippen LogP contribution in [0.15, 0.2) is 60.0 Å². The Hall–Kier alpha value is -3.07. The summed E-state index contributed by atoms with van der Waals surface area (Å²) in [5.74, 6) is -0.831. The van der Waals surface area contributed by atoms with E-state index in [1.165, 1.54) is 24.4 Å². The minimum absolute atomic E-state index is 0.268. The van der Waals surface area contributed by atoms with Crippen LogP contribution in [0.1, 0.15) is 0 Å². The fraction of sp³-hybridized carbons (Fsp3) is 0.0625. The van der Waals surface area contributed by atoms with Crippen LogP contribution in [0.3, 0.4) is 0 Å². The molecule has 0 aliphatic carbocycles. The lowest BCUT2D eigenvalue weighted by atomic mass is 10.1. The second kappa shape index (κ2) is 5.49. The molecule has 0 bridgehead atoms. The van der Waals surface area contributed by atoms with Gasteiger partial charge in [0.25, 0.3) is 10.0 Å². The summed E-state index contributed by atoms with van der Waals surface area (Å²) in [6.45, 7) is 0. The van der Waals surface area contributed by atoms with Crippen molar-refractivity contribution in [2.45, 2.75) is 4.90 Å². The first-order valence-corrected chi connectivity index (χ1v) is 8.74. The van der Waals surface area contributed by atoms with Crippen molar-refractivity contribution in [3.63, 3.8) is 0 Å². The molecule has 9 heteroatoms. The second-order valence-corrected chi connectivity index (χ2v) is 7.19. The Morgan fingerprint density at radius 3 is 2.56 bits per heavy atom. The lowest BCUT2D eigenvalue weighted by Gasteiger charge is -2.07. The van der Waals surface area contributed by atoms with Gasteiger partial charge < -0.3 is 0 Å². The topological polar surface area (TPSA) is 82.7 Å². The zero-order valence-electron chi connectivity index (χ0n) is 13.0. The molecule has 0 aliphatic rings. The molecule has 0 aliphatic heterocycles. The van der Waals surface area contributed by atoms with Crippen molar-refractivity contribution >= 4 is 21.1 Å². The van der Waals surface area contributed by atoms with Crippen molar-refractivity contribution in [1.29, 1.82) is 0 Å². The number of hydrogen-bond acceptors (Lipinski definition) is 5. The number of fused-ring (bicyclic) bond motifs is 1. The van der Waals surface area contributed by atoms with Crippen LogP contribution in [0.4, 0.5) is 4.39 Å². The highest BCUT2D eigenvalue weighted by Gasteiger charge is 2.24. The molecule has 0 saturated carbocycles. The molecule has 4 aromatic rings. The third-order valence-electron chi connectivity index (χ3n) is 3.77. The Bertz CT molecular complexity index is 1200. The van der Waals surface area contributed by atoms with Crippen LogP contribution in [-0.2, 0) is 17.1 Å². The van der Waals surface area contributed by atoms with E-state index in [0.717, 1.165) is 15.7 Å². The molecule has 0 N–H and O–H groups in total. The second-order valence-electron chi connectivity index (χ2n) is 5.45. The highest BCUT2D eigenvalue weighted by atomic mass is 32.2. The molecule has 25 heavy (non-hydrogen) atoms. The number of rotatable bonds is 3. The first-order valence-electron chi connectivity index (χ1n) is 7.30. The zero-order chi connectivity index (χ0) is 17.6. The van der Waals surface area contributed by atoms with Crippen LogP contribution in [-0.4, -0.2) is 32.4 Å². The number of benzene rings is 1. The Balaban J connectivity index is 1.92. The van der Waals surface area contributed by atoms with Crippen LogP contribution in [0.25, 0.3) is 22.2 Å². The van der Waals surface area contributed by atoms with E-state index in [4.69, 9.17) is 0 Å². The molecule has 3 heterocycles. The van der Waals surface area contributed by atoms with E-state index in [0.29, 0.717) is 11.1 Å². The van der Waals surface area contributed by atoms with Crippen LogP contribution in [0.2, 0.25) is 0 Å². The Morgan fingerprint density at radius 1 is 1.04 bits per heavy atom. The lowest BCUT2D eigenvalue weighted by molar-refractivity contribution is 0.557. The number of halogens is 1. The van der Waals surface area contributed by atoms with Gasteiger partial charge in [0.05, 0.1) is 12.4 Å². The quantitative estimate of drug-likeness (QED) is 0.561. The zero-order valence-corrected chi connectivity index (χ0v) is 13.9. The summed E-state index contributed by atoms with van der Waals surface area (Å²) in [6, 6.07) is 6.83. The molecule has 4 rings (SSSR count). The van der Waals surface area contributed by atoms with E-state index in [1.807, 2.05) is 0 Å². The molecule has 0 unspecified atom stereocenters. The summed E-state index contributed by atoms with van der Waals surface area (Å²) in [6.07, 6.45) is 6.38. The molecule has 0 radical (unpaired) electrons. The average molecular weight is 357 g/mol. The minimum atomic E-state index is -4.18. The normalized spacial score (nSPS) is 11.9. The van der Waals surface area contributed by atoms with Gasteiger partial charge >= 0.3 is 0 Å². The van der Waals surface area contributed by atoms with E-state index in [-0.39, 0.29) is 5.52 Å². The Morgan fingerprint density at radius 2 is 1.84 bits per heavy atom. The van der Waals surface area contributed by atoms with Crippen LogP contribution in [0, 0.1) is 5.82 Å². The molecule has 1 aromatic carbocycles. The maximum Gasteiger partial charge on any atom is 0.286 e. The SMILES string of the molecule is Cn1cc(-c2cnc3cnn(S(=O)(=O)c4ccccc4F)c3c2)cn1. The van der Waals surface area contributed by atoms with Crippen LogP contribution < -0.4 is 0 Å². The van der Waals surface area contributed by atoms with Crippen molar-refractivity contribution in [3.8, 4) is 11.1 Å². The predicted molar refractivity (Wildman–Crippen MR) is 88.7 cm³/mol. The number of nitrogens with zero attached hydrogens (tertiary/aromatic N) is 5. The van der Waals surface area contributed by atoms with E-state index in [1.54, 1.807) is 36.4 Å². The van der Waals surface area contributed by atoms with Gasteiger partial charge in [0, 0.05) is 30.6 Å². The first-order chi connectivity index (χ1) is 12.0. The summed E-state index contributed by atoms with van der Waals surface area (Å²) in [5.41, 5.74) is 2.14. The van der Waals surface area contributed by atoms with Gasteiger partial charge in [-0.3, -0.25) is 9.67 Å². The highest BCUT2D eigenvalue weighted by molar-refractivity contribution is 7.90. The van der Waals surface area contributed by atoms with Gasteiger partial charge in [-0.05, 0) is 18.2 Å². The van der Waals surface area contributed by atoms with Crippen molar-refractivity contribution in [2.24, 2.45) is 7.05 Å². The van der Waals surface area contributed by atoms with Crippen molar-refractivity contribution < 1.29 is 12.8 Å². The molecule has 0 saturated heterocycles. The molecule has 0 amide bonds. The van der Waals surface area contributed by atoms with Crippen molar-refractivity contribution in [3.05, 3.63) is 60.9 Å². The summed E-state index contributed by atoms with van der Waals surface area (Å²) < 4.78 is 42.0. The van der Waals surface area contributed by atoms with Crippen LogP contribution in [0.5, 0.6) is 0 Å². The van der Waals surface area contributed by atoms with E-state index in [2.05, 4.69) is 15.2 Å². The third kappa shape index (κ3) is 2.49. The highest BCUT2D eigenvalue weighted by Crippen LogP contribution is 2.25. The van der Waals surface area contributed by atoms with Gasteiger partial charge in [-0.2, -0.15) is 22.7 Å². The van der Waals surface area contributed by atoms with E-state index >= 15 is 0 Å². The third-order valence-corrected chi connectivity index (χ3v) is 5.40. The van der Waals surface area contributed by atoms with Crippen molar-refractivity contribution in [2.75, 3.05) is 0 Å². The van der Waals surface area contributed by atoms with Gasteiger partial charge in [0.1, 0.15) is 21.7 Å². The summed E-state index contributed by atoms with van der Waals surface area (Å²) >= 11 is 0. The standard InChI is InChI=1S/C16H12FN5O2S/c1-21-10-12(8-19-21)11-6-15-14(18-7-11)9-20-22(15)25(23,24)16-5-3-2-4-13(16)17/h2-10H,1H3. The fourth-order valence-electron chi connectivity index (χ4n) is 2.55. The van der Waals surface area contributed by atoms with Gasteiger partial charge in [0.15, 0.2) is 0 Å². The smallest absolute Gasteiger partial charge is 0.275 e. The predicted octanol–water partition coefficient (Wildman–Crippen LogP) is 2.21. The van der Waals surface area contributed by atoms with Gasteiger partial charge in [0.2, 0.25) is 0 Å². The molecule has 0 fully saturated rings. The molecule has 0 spiro atoms. The van der Waals surface area contributed by atoms with E-state index < -0.39 is 20.7 Å². The first kappa shape index (κ1) is 15.5. The Kier molecular flexibility index (Phi) is 3.39. The Labute approximate surface area is 142 Å². The minimum Gasteiger partial charge on any atom is -0.275 e. The van der Waals surface area contributed by atoms with Crippen LogP contribution >= 0.6 is 0 Å². The molecular weight excluding hydrogens is 345 g/mol. The number of aromatic nitrogens is 5. The average Bonchev–Trinajstić information content (AvgIpc) is 3.20. The van der Waals surface area contributed by atoms with E-state index in [9.17, 15) is 12.8 Å². The molecule has 7 nitrogen and oxygen atoms in total. The summed E-state index contributed by atoms with van der Waals surface area (Å²) in [4.78, 5) is 3.80. The lowest BCUT2D eigenvalue weighted by Crippen LogP contribution is -2.15. The molecule has 126 valence electrons. The van der Waals surface area contributed by atoms with Gasteiger partial charge in [-0.25, -0.2) is 4.39 Å². The number of hydrogen-bond donors (Lipinski definition) is 0. The monoisotopic (exact) mass is 357 g/mol. The molecule has 3 aromatic heterocycles. The maximum absolute atomic E-state index is 14.0. The maximum atomic E-state index is 14.0. The number of pyridine rings is 1. The van der Waals surface area contributed by atoms with Crippen molar-refractivity contribution in [1.82, 2.24) is 24.0 Å². The summed E-state index contributed by atoms with van der Waals surface area (Å²) in [5, 5.41) is 7.99. The van der Waals surface area contributed by atoms with Gasteiger partial charge in [-0.15, -0.1) is 0 Å². The largest absolute Gasteiger partial charge is 0.286 e.